The Morgan fingerprint density at radius 1 is 1.30 bits per heavy atom. The normalized spacial score (nSPS) is 15.7. The van der Waals surface area contributed by atoms with Gasteiger partial charge in [0.1, 0.15) is 11.4 Å². The van der Waals surface area contributed by atoms with Crippen molar-refractivity contribution < 1.29 is 19.1 Å². The summed E-state index contributed by atoms with van der Waals surface area (Å²) < 4.78 is 14.5. The van der Waals surface area contributed by atoms with Gasteiger partial charge in [-0.2, -0.15) is 5.10 Å². The van der Waals surface area contributed by atoms with Gasteiger partial charge in [-0.05, 0) is 50.5 Å². The smallest absolute Gasteiger partial charge is 0.329 e. The van der Waals surface area contributed by atoms with Crippen molar-refractivity contribution in [1.82, 2.24) is 15.1 Å². The number of benzene rings is 1. The molecule has 3 rings (SSSR count). The van der Waals surface area contributed by atoms with Gasteiger partial charge in [-0.25, -0.2) is 13.9 Å². The average Bonchev–Trinajstić information content (AvgIpc) is 2.85. The van der Waals surface area contributed by atoms with Crippen molar-refractivity contribution in [3.63, 3.8) is 0 Å². The van der Waals surface area contributed by atoms with Crippen LogP contribution in [0, 0.1) is 12.7 Å². The lowest BCUT2D eigenvalue weighted by Crippen LogP contribution is -2.59. The highest BCUT2D eigenvalue weighted by Crippen LogP contribution is 2.32. The van der Waals surface area contributed by atoms with Crippen LogP contribution in [-0.4, -0.2) is 32.3 Å². The summed E-state index contributed by atoms with van der Waals surface area (Å²) in [4.78, 5) is 23.7. The fourth-order valence-electron chi connectivity index (χ4n) is 2.68. The van der Waals surface area contributed by atoms with E-state index in [9.17, 15) is 19.1 Å². The molecule has 0 atom stereocenters. The second kappa shape index (κ2) is 5.49. The molecule has 0 aliphatic heterocycles. The van der Waals surface area contributed by atoms with Gasteiger partial charge in [-0.1, -0.05) is 0 Å². The minimum absolute atomic E-state index is 0.307. The number of rotatable bonds is 4. The van der Waals surface area contributed by atoms with Crippen LogP contribution >= 0.6 is 0 Å². The van der Waals surface area contributed by atoms with E-state index in [0.29, 0.717) is 29.8 Å². The first kappa shape index (κ1) is 15.2. The van der Waals surface area contributed by atoms with E-state index in [1.807, 2.05) is 0 Å². The molecule has 23 heavy (non-hydrogen) atoms. The lowest BCUT2D eigenvalue weighted by atomic mass is 9.76. The van der Waals surface area contributed by atoms with Crippen molar-refractivity contribution in [2.75, 3.05) is 0 Å². The summed E-state index contributed by atoms with van der Waals surface area (Å²) in [5.74, 6) is -1.83. The molecule has 1 fully saturated rings. The SMILES string of the molecule is Cc1c(C(=O)NC2(C(=O)O)CCC2)cnn1-c1ccc(F)cc1. The Bertz CT molecular complexity index is 763. The summed E-state index contributed by atoms with van der Waals surface area (Å²) in [5, 5.41) is 16.0. The number of nitrogens with one attached hydrogen (secondary N) is 1. The molecule has 0 spiro atoms. The highest BCUT2D eigenvalue weighted by atomic mass is 19.1. The van der Waals surface area contributed by atoms with E-state index < -0.39 is 17.4 Å². The van der Waals surface area contributed by atoms with Gasteiger partial charge in [-0.15, -0.1) is 0 Å². The maximum atomic E-state index is 13.0. The number of carboxylic acid groups (broad SMARTS) is 1. The average molecular weight is 317 g/mol. The standard InChI is InChI=1S/C16H16FN3O3/c1-10-13(14(21)19-16(15(22)23)7-2-8-16)9-18-20(10)12-5-3-11(17)4-6-12/h3-6,9H,2,7-8H2,1H3,(H,19,21)(H,22,23). The van der Waals surface area contributed by atoms with E-state index in [4.69, 9.17) is 0 Å². The van der Waals surface area contributed by atoms with E-state index in [-0.39, 0.29) is 5.82 Å². The number of halogens is 1. The van der Waals surface area contributed by atoms with Crippen molar-refractivity contribution in [2.45, 2.75) is 31.7 Å². The molecule has 2 N–H and O–H groups in total. The topological polar surface area (TPSA) is 84.2 Å². The Hall–Kier alpha value is -2.70. The van der Waals surface area contributed by atoms with E-state index in [1.165, 1.54) is 23.0 Å². The number of aromatic nitrogens is 2. The molecule has 1 aliphatic carbocycles. The molecule has 0 bridgehead atoms. The van der Waals surface area contributed by atoms with Crippen LogP contribution in [0.3, 0.4) is 0 Å². The molecule has 6 nitrogen and oxygen atoms in total. The van der Waals surface area contributed by atoms with Crippen LogP contribution in [0.2, 0.25) is 0 Å². The van der Waals surface area contributed by atoms with Crippen molar-refractivity contribution in [1.29, 1.82) is 0 Å². The first-order valence-corrected chi connectivity index (χ1v) is 7.29. The Morgan fingerprint density at radius 3 is 2.48 bits per heavy atom. The van der Waals surface area contributed by atoms with Gasteiger partial charge in [0.2, 0.25) is 0 Å². The van der Waals surface area contributed by atoms with Crippen LogP contribution in [-0.2, 0) is 4.79 Å². The summed E-state index contributed by atoms with van der Waals surface area (Å²) in [6.45, 7) is 1.71. The zero-order valence-electron chi connectivity index (χ0n) is 12.5. The molecular weight excluding hydrogens is 301 g/mol. The molecular formula is C16H16FN3O3. The minimum atomic E-state index is -1.17. The molecule has 120 valence electrons. The molecule has 7 heteroatoms. The first-order valence-electron chi connectivity index (χ1n) is 7.29. The van der Waals surface area contributed by atoms with Gasteiger partial charge in [0, 0.05) is 0 Å². The number of carboxylic acids is 1. The summed E-state index contributed by atoms with van der Waals surface area (Å²) in [6.07, 6.45) is 3.03. The van der Waals surface area contributed by atoms with Gasteiger partial charge in [0.25, 0.3) is 5.91 Å². The van der Waals surface area contributed by atoms with Gasteiger partial charge >= 0.3 is 5.97 Å². The molecule has 1 aromatic carbocycles. The van der Waals surface area contributed by atoms with Gasteiger partial charge in [0.15, 0.2) is 0 Å². The van der Waals surface area contributed by atoms with Crippen LogP contribution in [0.15, 0.2) is 30.5 Å². The van der Waals surface area contributed by atoms with E-state index in [0.717, 1.165) is 6.42 Å². The fourth-order valence-corrected chi connectivity index (χ4v) is 2.68. The molecule has 1 aromatic heterocycles. The first-order chi connectivity index (χ1) is 10.9. The highest BCUT2D eigenvalue weighted by Gasteiger charge is 2.46. The van der Waals surface area contributed by atoms with Crippen molar-refractivity contribution in [3.8, 4) is 5.69 Å². The summed E-state index contributed by atoms with van der Waals surface area (Å²) >= 11 is 0. The molecule has 1 heterocycles. The van der Waals surface area contributed by atoms with E-state index in [2.05, 4.69) is 10.4 Å². The quantitative estimate of drug-likeness (QED) is 0.904. The molecule has 0 radical (unpaired) electrons. The lowest BCUT2D eigenvalue weighted by molar-refractivity contribution is -0.148. The van der Waals surface area contributed by atoms with E-state index >= 15 is 0 Å². The van der Waals surface area contributed by atoms with Gasteiger partial charge < -0.3 is 10.4 Å². The number of carbonyl (C=O) groups excluding carboxylic acids is 1. The number of hydrogen-bond donors (Lipinski definition) is 2. The number of carbonyl (C=O) groups is 2. The summed E-state index contributed by atoms with van der Waals surface area (Å²) in [5.41, 5.74) is 0.331. The number of amides is 1. The van der Waals surface area contributed by atoms with Gasteiger partial charge in [-0.3, -0.25) is 4.79 Å². The largest absolute Gasteiger partial charge is 0.480 e. The second-order valence-electron chi connectivity index (χ2n) is 5.73. The van der Waals surface area contributed by atoms with Gasteiger partial charge in [0.05, 0.1) is 23.1 Å². The summed E-state index contributed by atoms with van der Waals surface area (Å²) in [7, 11) is 0. The van der Waals surface area contributed by atoms with Crippen LogP contribution in [0.4, 0.5) is 4.39 Å². The maximum absolute atomic E-state index is 13.0. The predicted octanol–water partition coefficient (Wildman–Crippen LogP) is 2.06. The van der Waals surface area contributed by atoms with Crippen molar-refractivity contribution in [2.24, 2.45) is 0 Å². The second-order valence-corrected chi connectivity index (χ2v) is 5.73. The summed E-state index contributed by atoms with van der Waals surface area (Å²) in [6, 6.07) is 5.73. The Labute approximate surface area is 131 Å². The molecule has 1 amide bonds. The third kappa shape index (κ3) is 2.58. The third-order valence-corrected chi connectivity index (χ3v) is 4.29. The van der Waals surface area contributed by atoms with Crippen LogP contribution in [0.5, 0.6) is 0 Å². The van der Waals surface area contributed by atoms with Crippen molar-refractivity contribution >= 4 is 11.9 Å². The monoisotopic (exact) mass is 317 g/mol. The molecule has 2 aromatic rings. The highest BCUT2D eigenvalue weighted by molar-refractivity contribution is 5.98. The lowest BCUT2D eigenvalue weighted by Gasteiger charge is -2.38. The molecule has 1 aliphatic rings. The molecule has 1 saturated carbocycles. The third-order valence-electron chi connectivity index (χ3n) is 4.29. The number of aliphatic carboxylic acids is 1. The van der Waals surface area contributed by atoms with Crippen molar-refractivity contribution in [3.05, 3.63) is 47.5 Å². The zero-order chi connectivity index (χ0) is 16.6. The van der Waals surface area contributed by atoms with Crippen LogP contribution in [0.25, 0.3) is 5.69 Å². The predicted molar refractivity (Wildman–Crippen MR) is 79.9 cm³/mol. The Kier molecular flexibility index (Phi) is 3.63. The number of nitrogens with zero attached hydrogens (tertiary/aromatic N) is 2. The Morgan fingerprint density at radius 2 is 1.96 bits per heavy atom. The van der Waals surface area contributed by atoms with E-state index in [1.54, 1.807) is 19.1 Å². The molecule has 0 unspecified atom stereocenters. The number of hydrogen-bond acceptors (Lipinski definition) is 3. The zero-order valence-corrected chi connectivity index (χ0v) is 12.5. The molecule has 0 saturated heterocycles. The Balaban J connectivity index is 1.85. The maximum Gasteiger partial charge on any atom is 0.329 e. The van der Waals surface area contributed by atoms with Crippen LogP contribution in [0.1, 0.15) is 35.3 Å². The minimum Gasteiger partial charge on any atom is -0.480 e. The fraction of sp³-hybridized carbons (Fsp3) is 0.312. The van der Waals surface area contributed by atoms with Crippen LogP contribution < -0.4 is 5.32 Å².